The maximum absolute atomic E-state index is 13.2. The molecule has 1 saturated heterocycles. The van der Waals surface area contributed by atoms with Gasteiger partial charge >= 0.3 is 6.18 Å². The van der Waals surface area contributed by atoms with Gasteiger partial charge in [0, 0.05) is 13.1 Å². The fourth-order valence-corrected chi connectivity index (χ4v) is 5.17. The Hall–Kier alpha value is -3.16. The third-order valence-electron chi connectivity index (χ3n) is 5.12. The van der Waals surface area contributed by atoms with Crippen molar-refractivity contribution in [1.82, 2.24) is 9.79 Å². The number of piperidine rings is 1. The van der Waals surface area contributed by atoms with E-state index >= 15 is 0 Å². The molecule has 1 heterocycles. The molecule has 1 aliphatic rings. The van der Waals surface area contributed by atoms with Gasteiger partial charge in [0.25, 0.3) is 5.91 Å². The highest BCUT2D eigenvalue weighted by atomic mass is 32.2. The number of carbonyl (C=O) groups is 2. The van der Waals surface area contributed by atoms with E-state index in [-0.39, 0.29) is 37.2 Å². The topological polar surface area (TPSA) is 139 Å². The molecule has 1 fully saturated rings. The lowest BCUT2D eigenvalue weighted by Crippen LogP contribution is -2.42. The quantitative estimate of drug-likeness (QED) is 0.422. The summed E-state index contributed by atoms with van der Waals surface area (Å²) >= 11 is 0. The van der Waals surface area contributed by atoms with Crippen LogP contribution >= 0.6 is 0 Å². The molecule has 0 aliphatic carbocycles. The number of amides is 2. The third-order valence-corrected chi connectivity index (χ3v) is 7.06. The number of halogens is 3. The first-order valence-corrected chi connectivity index (χ1v) is 11.1. The van der Waals surface area contributed by atoms with E-state index in [0.29, 0.717) is 0 Å². The molecule has 0 spiro atoms. The van der Waals surface area contributed by atoms with E-state index in [4.69, 9.17) is 15.7 Å². The maximum Gasteiger partial charge on any atom is 0.416 e. The Labute approximate surface area is 186 Å². The molecule has 4 N–H and O–H groups in total. The van der Waals surface area contributed by atoms with Gasteiger partial charge in [-0.25, -0.2) is 13.9 Å². The zero-order valence-electron chi connectivity index (χ0n) is 17.0. The second kappa shape index (κ2) is 9.37. The molecule has 0 saturated carbocycles. The zero-order chi connectivity index (χ0) is 24.4. The van der Waals surface area contributed by atoms with Crippen LogP contribution in [0.2, 0.25) is 0 Å². The normalized spacial score (nSPS) is 15.8. The van der Waals surface area contributed by atoms with Gasteiger partial charge in [0.05, 0.1) is 21.6 Å². The minimum absolute atomic E-state index is 0.00534. The lowest BCUT2D eigenvalue weighted by molar-refractivity contribution is -0.137. The molecular weight excluding hydrogens is 467 g/mol. The van der Waals surface area contributed by atoms with Crippen molar-refractivity contribution in [2.24, 2.45) is 5.73 Å². The molecular formula is C20H20F3N3O6S. The highest BCUT2D eigenvalue weighted by Crippen LogP contribution is 2.31. The Kier molecular flexibility index (Phi) is 6.95. The minimum atomic E-state index is -4.46. The van der Waals surface area contributed by atoms with E-state index < -0.39 is 50.1 Å². The molecule has 0 radical (unpaired) electrons. The van der Waals surface area contributed by atoms with Crippen molar-refractivity contribution in [1.29, 1.82) is 0 Å². The van der Waals surface area contributed by atoms with Gasteiger partial charge in [0.15, 0.2) is 0 Å². The second-order valence-electron chi connectivity index (χ2n) is 7.23. The Morgan fingerprint density at radius 2 is 1.70 bits per heavy atom. The predicted octanol–water partition coefficient (Wildman–Crippen LogP) is 2.16. The lowest BCUT2D eigenvalue weighted by Gasteiger charge is -2.32. The van der Waals surface area contributed by atoms with Gasteiger partial charge in [-0.3, -0.25) is 14.8 Å². The van der Waals surface area contributed by atoms with Crippen molar-refractivity contribution in [2.75, 3.05) is 13.1 Å². The maximum atomic E-state index is 13.2. The molecule has 0 unspecified atom stereocenters. The summed E-state index contributed by atoms with van der Waals surface area (Å²) in [4.78, 5) is 23.3. The van der Waals surface area contributed by atoms with Crippen LogP contribution < -0.4 is 16.0 Å². The molecule has 0 bridgehead atoms. The molecule has 2 aromatic rings. The summed E-state index contributed by atoms with van der Waals surface area (Å²) in [5.41, 5.74) is 4.80. The zero-order valence-corrected chi connectivity index (χ0v) is 17.8. The van der Waals surface area contributed by atoms with Crippen LogP contribution in [0.1, 0.15) is 39.1 Å². The van der Waals surface area contributed by atoms with Crippen LogP contribution in [0.3, 0.4) is 0 Å². The van der Waals surface area contributed by atoms with Crippen LogP contribution in [0.15, 0.2) is 47.4 Å². The van der Waals surface area contributed by atoms with Gasteiger partial charge in [-0.05, 0) is 49.2 Å². The van der Waals surface area contributed by atoms with E-state index in [1.165, 1.54) is 23.7 Å². The fraction of sp³-hybridized carbons (Fsp3) is 0.300. The average Bonchev–Trinajstić information content (AvgIpc) is 2.78. The van der Waals surface area contributed by atoms with E-state index in [0.717, 1.165) is 28.6 Å². The van der Waals surface area contributed by atoms with Crippen molar-refractivity contribution in [2.45, 2.75) is 30.0 Å². The fourth-order valence-electron chi connectivity index (χ4n) is 3.49. The number of benzene rings is 2. The van der Waals surface area contributed by atoms with Gasteiger partial charge in [-0.1, -0.05) is 6.07 Å². The number of carbonyl (C=O) groups excluding carboxylic acids is 2. The molecule has 0 atom stereocenters. The summed E-state index contributed by atoms with van der Waals surface area (Å²) in [7, 11) is -4.25. The first-order valence-electron chi connectivity index (χ1n) is 9.66. The minimum Gasteiger partial charge on any atom is -0.490 e. The van der Waals surface area contributed by atoms with Gasteiger partial charge in [0.2, 0.25) is 15.9 Å². The summed E-state index contributed by atoms with van der Waals surface area (Å²) in [6, 6.07) is 7.72. The van der Waals surface area contributed by atoms with Gasteiger partial charge < -0.3 is 10.5 Å². The van der Waals surface area contributed by atoms with E-state index in [9.17, 15) is 31.2 Å². The number of alkyl halides is 3. The number of rotatable bonds is 6. The smallest absolute Gasteiger partial charge is 0.416 e. The Morgan fingerprint density at radius 1 is 1.09 bits per heavy atom. The third kappa shape index (κ3) is 5.26. The lowest BCUT2D eigenvalue weighted by atomic mass is 10.1. The van der Waals surface area contributed by atoms with Crippen LogP contribution in [0.4, 0.5) is 13.2 Å². The molecule has 178 valence electrons. The first kappa shape index (κ1) is 24.5. The highest BCUT2D eigenvalue weighted by molar-refractivity contribution is 7.89. The van der Waals surface area contributed by atoms with E-state index in [1.807, 2.05) is 0 Å². The number of ether oxygens (including phenoxy) is 1. The Balaban J connectivity index is 1.75. The summed E-state index contributed by atoms with van der Waals surface area (Å²) < 4.78 is 71.1. The Bertz CT molecular complexity index is 1140. The largest absolute Gasteiger partial charge is 0.490 e. The molecule has 9 nitrogen and oxygen atoms in total. The van der Waals surface area contributed by atoms with Crippen LogP contribution in [0.25, 0.3) is 0 Å². The van der Waals surface area contributed by atoms with Crippen LogP contribution in [-0.2, 0) is 16.2 Å². The van der Waals surface area contributed by atoms with E-state index in [2.05, 4.69) is 0 Å². The van der Waals surface area contributed by atoms with Crippen molar-refractivity contribution >= 4 is 21.8 Å². The number of hydrogen-bond acceptors (Lipinski definition) is 6. The highest BCUT2D eigenvalue weighted by Gasteiger charge is 2.35. The summed E-state index contributed by atoms with van der Waals surface area (Å²) in [6.45, 7) is -0.0107. The van der Waals surface area contributed by atoms with Crippen LogP contribution in [0, 0.1) is 0 Å². The van der Waals surface area contributed by atoms with Crippen LogP contribution in [-0.4, -0.2) is 48.9 Å². The predicted molar refractivity (Wildman–Crippen MR) is 108 cm³/mol. The molecule has 33 heavy (non-hydrogen) atoms. The van der Waals surface area contributed by atoms with Crippen molar-refractivity contribution in [3.8, 4) is 5.75 Å². The summed E-state index contributed by atoms with van der Waals surface area (Å²) in [6.07, 6.45) is -4.44. The molecule has 2 aromatic carbocycles. The van der Waals surface area contributed by atoms with Crippen LogP contribution in [0.5, 0.6) is 5.75 Å². The van der Waals surface area contributed by atoms with Gasteiger partial charge in [-0.2, -0.15) is 17.5 Å². The summed E-state index contributed by atoms with van der Waals surface area (Å²) in [5.74, 6) is -2.03. The first-order chi connectivity index (χ1) is 15.4. The Morgan fingerprint density at radius 3 is 2.21 bits per heavy atom. The number of primary amides is 1. The van der Waals surface area contributed by atoms with Crippen molar-refractivity contribution in [3.05, 3.63) is 59.2 Å². The number of nitrogens with one attached hydrogen (secondary N) is 1. The van der Waals surface area contributed by atoms with Crippen molar-refractivity contribution in [3.63, 3.8) is 0 Å². The van der Waals surface area contributed by atoms with E-state index in [1.54, 1.807) is 0 Å². The van der Waals surface area contributed by atoms with Gasteiger partial charge in [-0.15, -0.1) is 0 Å². The standard InChI is InChI=1S/C20H20F3N3O6S/c21-20(22,23)12-4-6-13(7-5-12)32-14-8-10-26(11-9-14)33(30,31)16-3-1-2-15(18(24)27)17(16)19(28)25-29/h1-7,14,29H,8-11H2,(H2,24,27)(H,25,28). The second-order valence-corrected chi connectivity index (χ2v) is 9.13. The van der Waals surface area contributed by atoms with Gasteiger partial charge in [0.1, 0.15) is 11.9 Å². The number of nitrogens with two attached hydrogens (primary N) is 1. The number of hydroxylamine groups is 1. The molecule has 1 aliphatic heterocycles. The number of nitrogens with zero attached hydrogens (tertiary/aromatic N) is 1. The average molecular weight is 487 g/mol. The number of sulfonamides is 1. The summed E-state index contributed by atoms with van der Waals surface area (Å²) in [5, 5.41) is 8.99. The molecule has 3 rings (SSSR count). The monoisotopic (exact) mass is 487 g/mol. The van der Waals surface area contributed by atoms with Crippen molar-refractivity contribution < 1.29 is 41.1 Å². The molecule has 13 heteroatoms. The number of hydrogen-bond donors (Lipinski definition) is 3. The SMILES string of the molecule is NC(=O)c1cccc(S(=O)(=O)N2CCC(Oc3ccc(C(F)(F)F)cc3)CC2)c1C(=O)NO. The molecule has 2 amide bonds. The molecule has 0 aromatic heterocycles.